The van der Waals surface area contributed by atoms with Crippen LogP contribution in [0.15, 0.2) is 18.3 Å². The van der Waals surface area contributed by atoms with Crippen molar-refractivity contribution in [3.05, 3.63) is 29.6 Å². The van der Waals surface area contributed by atoms with Gasteiger partial charge in [-0.15, -0.1) is 0 Å². The van der Waals surface area contributed by atoms with Crippen LogP contribution in [0.3, 0.4) is 0 Å². The summed E-state index contributed by atoms with van der Waals surface area (Å²) in [5.74, 6) is 0.723. The van der Waals surface area contributed by atoms with Gasteiger partial charge in [0.15, 0.2) is 0 Å². The van der Waals surface area contributed by atoms with E-state index < -0.39 is 8.07 Å². The Hall–Kier alpha value is -1.68. The Morgan fingerprint density at radius 3 is 2.86 bits per heavy atom. The Labute approximate surface area is 170 Å². The molecule has 2 aromatic heterocycles. The van der Waals surface area contributed by atoms with E-state index in [1.165, 1.54) is 18.4 Å². The molecule has 3 rings (SSSR count). The maximum Gasteiger partial charge on any atom is 0.141 e. The molecule has 2 atom stereocenters. The van der Waals surface area contributed by atoms with Crippen molar-refractivity contribution < 1.29 is 4.74 Å². The van der Waals surface area contributed by atoms with Gasteiger partial charge < -0.3 is 9.30 Å². The lowest BCUT2D eigenvalue weighted by Crippen LogP contribution is -2.36. The van der Waals surface area contributed by atoms with E-state index in [-0.39, 0.29) is 6.04 Å². The van der Waals surface area contributed by atoms with Gasteiger partial charge in [0.2, 0.25) is 0 Å². The topological polar surface area (TPSA) is 54.1 Å². The fourth-order valence-electron chi connectivity index (χ4n) is 4.04. The average molecular weight is 399 g/mol. The summed E-state index contributed by atoms with van der Waals surface area (Å²) >= 11 is 0. The lowest BCUT2D eigenvalue weighted by molar-refractivity contribution is 0.0897. The number of nitriles is 1. The number of fused-ring (bicyclic) bond motifs is 1. The highest BCUT2D eigenvalue weighted by Gasteiger charge is 2.25. The van der Waals surface area contributed by atoms with Crippen molar-refractivity contribution in [2.45, 2.75) is 65.1 Å². The fraction of sp³-hybridized carbons (Fsp3) is 0.636. The molecule has 3 heterocycles. The molecule has 6 heteroatoms. The van der Waals surface area contributed by atoms with Gasteiger partial charge in [-0.3, -0.25) is 4.90 Å². The summed E-state index contributed by atoms with van der Waals surface area (Å²) in [6.45, 7) is 15.3. The van der Waals surface area contributed by atoms with Gasteiger partial charge in [0.25, 0.3) is 0 Å². The smallest absolute Gasteiger partial charge is 0.141 e. The second-order valence-corrected chi connectivity index (χ2v) is 15.1. The normalized spacial score (nSPS) is 19.6. The molecule has 0 N–H and O–H groups in total. The van der Waals surface area contributed by atoms with E-state index in [4.69, 9.17) is 4.74 Å². The molecule has 0 spiro atoms. The van der Waals surface area contributed by atoms with Gasteiger partial charge in [0.1, 0.15) is 18.5 Å². The van der Waals surface area contributed by atoms with Crippen molar-refractivity contribution in [3.8, 4) is 6.07 Å². The molecule has 1 aliphatic rings. The second kappa shape index (κ2) is 8.77. The first-order valence-electron chi connectivity index (χ1n) is 10.5. The molecular formula is C22H34N4OSi. The minimum Gasteiger partial charge on any atom is -0.361 e. The molecule has 1 fully saturated rings. The van der Waals surface area contributed by atoms with Crippen LogP contribution in [0.1, 0.15) is 44.0 Å². The van der Waals surface area contributed by atoms with E-state index in [0.29, 0.717) is 12.4 Å². The van der Waals surface area contributed by atoms with Crippen LogP contribution in [0.4, 0.5) is 0 Å². The second-order valence-electron chi connectivity index (χ2n) is 9.49. The van der Waals surface area contributed by atoms with Crippen LogP contribution in [-0.2, 0) is 11.5 Å². The van der Waals surface area contributed by atoms with E-state index in [2.05, 4.69) is 54.0 Å². The molecule has 0 saturated carbocycles. The molecule has 0 bridgehead atoms. The van der Waals surface area contributed by atoms with Gasteiger partial charge in [-0.25, -0.2) is 4.98 Å². The van der Waals surface area contributed by atoms with E-state index in [1.807, 2.05) is 18.3 Å². The van der Waals surface area contributed by atoms with Crippen molar-refractivity contribution in [3.63, 3.8) is 0 Å². The predicted octanol–water partition coefficient (Wildman–Crippen LogP) is 5.01. The van der Waals surface area contributed by atoms with E-state index in [0.717, 1.165) is 42.7 Å². The van der Waals surface area contributed by atoms with Crippen LogP contribution >= 0.6 is 0 Å². The van der Waals surface area contributed by atoms with Gasteiger partial charge in [-0.1, -0.05) is 26.6 Å². The number of hydrogen-bond donors (Lipinski definition) is 0. The molecule has 1 saturated heterocycles. The molecule has 2 aromatic rings. The fourth-order valence-corrected chi connectivity index (χ4v) is 4.80. The standard InChI is InChI=1S/C22H34N4OSi/c1-17-7-6-9-25(15-17)18(2)20-13-19(14-23)24-21-8-10-26(22(20)21)16-27-11-12-28(3,4)5/h8,10,13,17-18H,6-7,9,11-12,15-16H2,1-5H3/t17-,18?/m0/s1. The first-order chi connectivity index (χ1) is 13.3. The molecule has 152 valence electrons. The maximum absolute atomic E-state index is 9.46. The number of pyridine rings is 1. The summed E-state index contributed by atoms with van der Waals surface area (Å²) in [6, 6.07) is 7.65. The Morgan fingerprint density at radius 1 is 1.39 bits per heavy atom. The van der Waals surface area contributed by atoms with Gasteiger partial charge in [0, 0.05) is 33.5 Å². The number of likely N-dealkylation sites (tertiary alicyclic amines) is 1. The van der Waals surface area contributed by atoms with Crippen molar-refractivity contribution in [1.29, 1.82) is 5.26 Å². The number of nitrogens with zero attached hydrogens (tertiary/aromatic N) is 4. The highest BCUT2D eigenvalue weighted by Crippen LogP contribution is 2.32. The molecule has 1 aliphatic heterocycles. The minimum absolute atomic E-state index is 0.260. The van der Waals surface area contributed by atoms with Gasteiger partial charge in [-0.05, 0) is 56.0 Å². The zero-order chi connectivity index (χ0) is 20.3. The van der Waals surface area contributed by atoms with E-state index >= 15 is 0 Å². The molecule has 28 heavy (non-hydrogen) atoms. The molecule has 0 amide bonds. The predicted molar refractivity (Wildman–Crippen MR) is 117 cm³/mol. The SMILES string of the molecule is CC(c1cc(C#N)nc2ccn(COCC[Si](C)(C)C)c12)N1CCC[C@H](C)C1. The first kappa shape index (κ1) is 21.0. The van der Waals surface area contributed by atoms with Crippen LogP contribution in [0.5, 0.6) is 0 Å². The summed E-state index contributed by atoms with van der Waals surface area (Å²) in [5.41, 5.74) is 3.68. The van der Waals surface area contributed by atoms with Gasteiger partial charge in [0.05, 0.1) is 11.0 Å². The molecule has 0 radical (unpaired) electrons. The lowest BCUT2D eigenvalue weighted by atomic mass is 9.96. The molecule has 1 unspecified atom stereocenters. The summed E-state index contributed by atoms with van der Waals surface area (Å²) in [7, 11) is -1.09. The minimum atomic E-state index is -1.09. The number of ether oxygens (including phenoxy) is 1. The maximum atomic E-state index is 9.46. The van der Waals surface area contributed by atoms with Crippen LogP contribution in [-0.4, -0.2) is 42.2 Å². The largest absolute Gasteiger partial charge is 0.361 e. The Balaban J connectivity index is 1.87. The molecule has 0 aromatic carbocycles. The number of aromatic nitrogens is 2. The quantitative estimate of drug-likeness (QED) is 0.486. The number of rotatable bonds is 7. The van der Waals surface area contributed by atoms with Gasteiger partial charge in [-0.2, -0.15) is 5.26 Å². The van der Waals surface area contributed by atoms with Crippen LogP contribution < -0.4 is 0 Å². The lowest BCUT2D eigenvalue weighted by Gasteiger charge is -2.36. The molecular weight excluding hydrogens is 364 g/mol. The summed E-state index contributed by atoms with van der Waals surface area (Å²) < 4.78 is 8.17. The van der Waals surface area contributed by atoms with E-state index in [9.17, 15) is 5.26 Å². The third-order valence-corrected chi connectivity index (χ3v) is 7.48. The third-order valence-electron chi connectivity index (χ3n) is 5.78. The first-order valence-corrected chi connectivity index (χ1v) is 14.2. The van der Waals surface area contributed by atoms with Crippen molar-refractivity contribution in [2.75, 3.05) is 19.7 Å². The van der Waals surface area contributed by atoms with Crippen LogP contribution in [0.2, 0.25) is 25.7 Å². The Kier molecular flexibility index (Phi) is 6.59. The zero-order valence-corrected chi connectivity index (χ0v) is 19.0. The summed E-state index contributed by atoms with van der Waals surface area (Å²) in [6.07, 6.45) is 4.59. The zero-order valence-electron chi connectivity index (χ0n) is 18.0. The van der Waals surface area contributed by atoms with E-state index in [1.54, 1.807) is 0 Å². The average Bonchev–Trinajstić information content (AvgIpc) is 3.06. The monoisotopic (exact) mass is 398 g/mol. The van der Waals surface area contributed by atoms with Crippen LogP contribution in [0, 0.1) is 17.2 Å². The van der Waals surface area contributed by atoms with Crippen molar-refractivity contribution >= 4 is 19.1 Å². The van der Waals surface area contributed by atoms with Crippen molar-refractivity contribution in [2.24, 2.45) is 5.92 Å². The Bertz CT molecular complexity index is 849. The third kappa shape index (κ3) is 5.02. The number of piperidine rings is 1. The number of hydrogen-bond acceptors (Lipinski definition) is 4. The van der Waals surface area contributed by atoms with Gasteiger partial charge >= 0.3 is 0 Å². The Morgan fingerprint density at radius 2 is 2.18 bits per heavy atom. The molecule has 5 nitrogen and oxygen atoms in total. The highest BCUT2D eigenvalue weighted by molar-refractivity contribution is 6.76. The summed E-state index contributed by atoms with van der Waals surface area (Å²) in [4.78, 5) is 7.08. The highest BCUT2D eigenvalue weighted by atomic mass is 28.3. The summed E-state index contributed by atoms with van der Waals surface area (Å²) in [5, 5.41) is 9.46. The van der Waals surface area contributed by atoms with Crippen molar-refractivity contribution in [1.82, 2.24) is 14.5 Å². The van der Waals surface area contributed by atoms with Crippen LogP contribution in [0.25, 0.3) is 11.0 Å². The molecule has 0 aliphatic carbocycles.